The van der Waals surface area contributed by atoms with Crippen LogP contribution in [0.3, 0.4) is 0 Å². The minimum Gasteiger partial charge on any atom is -0.455 e. The first-order valence-corrected chi connectivity index (χ1v) is 19.2. The molecule has 12 heteroatoms. The Morgan fingerprint density at radius 1 is 0.589 bits per heavy atom. The minimum absolute atomic E-state index is 0.0461. The highest BCUT2D eigenvalue weighted by molar-refractivity contribution is 6.63. The molecule has 3 aliphatic rings. The van der Waals surface area contributed by atoms with Gasteiger partial charge in [-0.25, -0.2) is 4.79 Å². The number of benzene rings is 4. The number of hydrogen-bond donors (Lipinski definition) is 0. The van der Waals surface area contributed by atoms with Gasteiger partial charge < -0.3 is 42.6 Å². The number of halogens is 1. The molecule has 11 nitrogen and oxygen atoms in total. The van der Waals surface area contributed by atoms with E-state index >= 15 is 0 Å². The van der Waals surface area contributed by atoms with Crippen LogP contribution in [0.2, 0.25) is 0 Å². The molecule has 0 unspecified atom stereocenters. The third kappa shape index (κ3) is 10.5. The van der Waals surface area contributed by atoms with Gasteiger partial charge in [-0.05, 0) is 47.7 Å². The Hall–Kier alpha value is -4.01. The molecule has 3 fully saturated rings. The second kappa shape index (κ2) is 19.0. The lowest BCUT2D eigenvalue weighted by Gasteiger charge is -2.46. The van der Waals surface area contributed by atoms with Crippen LogP contribution in [0.25, 0.3) is 0 Å². The standard InChI is InChI=1S/C44H47ClO11/c1-44(2)55-41-38(51-27-32-21-13-6-14-22-32)40(54-43(41)56-44)42(47)53-39-36(49-25-30-17-9-4-10-18-30)33(23-35(45)46)52-34(28-48-24-29-15-7-3-8-16-29)37(39)50-26-31-19-11-5-12-20-31/h3-22,33-34,36-41,43H,23-28H2,1-2H3/t33-,34-,36-,37-,38-,39-,40+,41-,43-/m1/s1. The predicted molar refractivity (Wildman–Crippen MR) is 204 cm³/mol. The topological polar surface area (TPSA) is 117 Å². The van der Waals surface area contributed by atoms with Gasteiger partial charge in [0.1, 0.15) is 30.5 Å². The molecule has 4 aromatic carbocycles. The van der Waals surface area contributed by atoms with E-state index in [-0.39, 0.29) is 32.8 Å². The van der Waals surface area contributed by atoms with E-state index in [0.717, 1.165) is 22.3 Å². The molecule has 0 amide bonds. The Balaban J connectivity index is 1.20. The molecule has 0 saturated carbocycles. The summed E-state index contributed by atoms with van der Waals surface area (Å²) in [5.74, 6) is -1.70. The Labute approximate surface area is 332 Å². The number of hydrogen-bond acceptors (Lipinski definition) is 11. The lowest BCUT2D eigenvalue weighted by atomic mass is 9.92. The van der Waals surface area contributed by atoms with Crippen molar-refractivity contribution in [3.8, 4) is 0 Å². The van der Waals surface area contributed by atoms with Crippen LogP contribution in [0.15, 0.2) is 121 Å². The van der Waals surface area contributed by atoms with Crippen LogP contribution < -0.4 is 0 Å². The van der Waals surface area contributed by atoms with E-state index in [2.05, 4.69) is 0 Å². The first kappa shape index (κ1) is 40.2. The number of rotatable bonds is 17. The smallest absolute Gasteiger partial charge is 0.338 e. The number of esters is 1. The highest BCUT2D eigenvalue weighted by Crippen LogP contribution is 2.40. The molecule has 0 spiro atoms. The second-order valence-corrected chi connectivity index (χ2v) is 14.9. The molecule has 0 radical (unpaired) electrons. The van der Waals surface area contributed by atoms with Crippen LogP contribution in [0.4, 0.5) is 0 Å². The molecule has 9 atom stereocenters. The molecule has 3 saturated heterocycles. The summed E-state index contributed by atoms with van der Waals surface area (Å²) in [6.07, 6.45) is -8.70. The quantitative estimate of drug-likeness (QED) is 0.0844. The summed E-state index contributed by atoms with van der Waals surface area (Å²) >= 11 is 6.03. The first-order chi connectivity index (χ1) is 27.2. The molecule has 0 N–H and O–H groups in total. The van der Waals surface area contributed by atoms with Gasteiger partial charge in [-0.3, -0.25) is 4.79 Å². The van der Waals surface area contributed by atoms with Crippen molar-refractivity contribution in [1.29, 1.82) is 0 Å². The summed E-state index contributed by atoms with van der Waals surface area (Å²) < 4.78 is 57.3. The summed E-state index contributed by atoms with van der Waals surface area (Å²) in [4.78, 5) is 27.1. The Kier molecular flexibility index (Phi) is 13.6. The molecule has 296 valence electrons. The minimum atomic E-state index is -1.24. The zero-order chi connectivity index (χ0) is 38.9. The average Bonchev–Trinajstić information content (AvgIpc) is 3.69. The lowest BCUT2D eigenvalue weighted by Crippen LogP contribution is -2.62. The Morgan fingerprint density at radius 2 is 1.05 bits per heavy atom. The van der Waals surface area contributed by atoms with Gasteiger partial charge in [0, 0.05) is 0 Å². The van der Waals surface area contributed by atoms with Crippen molar-refractivity contribution in [2.45, 2.75) is 108 Å². The molecule has 56 heavy (non-hydrogen) atoms. The molecule has 3 aliphatic heterocycles. The van der Waals surface area contributed by atoms with Crippen molar-refractivity contribution in [2.24, 2.45) is 0 Å². The number of carbonyl (C=O) groups excluding carboxylic acids is 2. The van der Waals surface area contributed by atoms with Crippen molar-refractivity contribution < 1.29 is 52.2 Å². The molecule has 0 aliphatic carbocycles. The van der Waals surface area contributed by atoms with E-state index in [4.69, 9.17) is 54.2 Å². The third-order valence-electron chi connectivity index (χ3n) is 9.82. The average molecular weight is 787 g/mol. The Morgan fingerprint density at radius 3 is 1.55 bits per heavy atom. The predicted octanol–water partition coefficient (Wildman–Crippen LogP) is 6.67. The highest BCUT2D eigenvalue weighted by atomic mass is 35.5. The van der Waals surface area contributed by atoms with E-state index in [1.165, 1.54) is 0 Å². The van der Waals surface area contributed by atoms with Crippen molar-refractivity contribution in [2.75, 3.05) is 6.61 Å². The van der Waals surface area contributed by atoms with Crippen LogP contribution in [0.1, 0.15) is 42.5 Å². The van der Waals surface area contributed by atoms with E-state index in [0.29, 0.717) is 6.61 Å². The van der Waals surface area contributed by atoms with Gasteiger partial charge in [-0.2, -0.15) is 0 Å². The van der Waals surface area contributed by atoms with Crippen molar-refractivity contribution in [3.63, 3.8) is 0 Å². The third-order valence-corrected chi connectivity index (χ3v) is 9.97. The van der Waals surface area contributed by atoms with E-state index in [9.17, 15) is 9.59 Å². The second-order valence-electron chi connectivity index (χ2n) is 14.5. The van der Waals surface area contributed by atoms with Gasteiger partial charge in [0.15, 0.2) is 24.3 Å². The molecule has 3 heterocycles. The monoisotopic (exact) mass is 786 g/mol. The van der Waals surface area contributed by atoms with Gasteiger partial charge >= 0.3 is 5.97 Å². The molecule has 0 aromatic heterocycles. The fraction of sp³-hybridized carbons (Fsp3) is 0.409. The van der Waals surface area contributed by atoms with Crippen molar-refractivity contribution in [3.05, 3.63) is 144 Å². The molecular weight excluding hydrogens is 740 g/mol. The van der Waals surface area contributed by atoms with Crippen molar-refractivity contribution >= 4 is 22.8 Å². The zero-order valence-electron chi connectivity index (χ0n) is 31.4. The summed E-state index contributed by atoms with van der Waals surface area (Å²) in [5.41, 5.74) is 3.62. The van der Waals surface area contributed by atoms with Gasteiger partial charge in [-0.15, -0.1) is 0 Å². The van der Waals surface area contributed by atoms with Gasteiger partial charge in [0.2, 0.25) is 5.24 Å². The summed E-state index contributed by atoms with van der Waals surface area (Å²) in [7, 11) is 0. The van der Waals surface area contributed by atoms with E-state index in [1.807, 2.05) is 121 Å². The molecule has 7 rings (SSSR count). The van der Waals surface area contributed by atoms with Crippen molar-refractivity contribution in [1.82, 2.24) is 0 Å². The summed E-state index contributed by atoms with van der Waals surface area (Å²) in [6, 6.07) is 38.5. The normalized spacial score (nSPS) is 28.1. The van der Waals surface area contributed by atoms with Crippen LogP contribution in [-0.2, 0) is 78.6 Å². The zero-order valence-corrected chi connectivity index (χ0v) is 32.1. The van der Waals surface area contributed by atoms with Crippen LogP contribution in [-0.4, -0.2) is 78.7 Å². The molecule has 4 aromatic rings. The molecule has 0 bridgehead atoms. The number of carbonyl (C=O) groups is 2. The summed E-state index contributed by atoms with van der Waals surface area (Å²) in [6.45, 7) is 4.37. The van der Waals surface area contributed by atoms with Gasteiger partial charge in [0.25, 0.3) is 0 Å². The lowest BCUT2D eigenvalue weighted by molar-refractivity contribution is -0.271. The maximum absolute atomic E-state index is 14.6. The first-order valence-electron chi connectivity index (χ1n) is 18.9. The maximum atomic E-state index is 14.6. The fourth-order valence-electron chi connectivity index (χ4n) is 7.20. The SMILES string of the molecule is CC1(C)O[C@H]2O[C@H](C(=O)O[C@H]3[C@H](OCc4ccccc4)[C@@H](COCc4ccccc4)O[C@H](CC(=O)Cl)[C@H]3OCc3ccccc3)[C@@H](OCc3ccccc3)[C@H]2O1. The fourth-order valence-corrected chi connectivity index (χ4v) is 7.36. The van der Waals surface area contributed by atoms with Crippen LogP contribution in [0.5, 0.6) is 0 Å². The Bertz CT molecular complexity index is 1830. The largest absolute Gasteiger partial charge is 0.455 e. The molecular formula is C44H47ClO11. The van der Waals surface area contributed by atoms with Crippen LogP contribution in [0, 0.1) is 0 Å². The highest BCUT2D eigenvalue weighted by Gasteiger charge is 2.59. The van der Waals surface area contributed by atoms with Gasteiger partial charge in [0.05, 0.1) is 45.6 Å². The number of ether oxygens (including phenoxy) is 9. The van der Waals surface area contributed by atoms with E-state index < -0.39 is 72.1 Å². The van der Waals surface area contributed by atoms with E-state index in [1.54, 1.807) is 13.8 Å². The van der Waals surface area contributed by atoms with Crippen LogP contribution >= 0.6 is 11.6 Å². The number of fused-ring (bicyclic) bond motifs is 1. The van der Waals surface area contributed by atoms with Gasteiger partial charge in [-0.1, -0.05) is 121 Å². The summed E-state index contributed by atoms with van der Waals surface area (Å²) in [5, 5.41) is -0.640. The maximum Gasteiger partial charge on any atom is 0.338 e.